The molecule has 110 valence electrons. The van der Waals surface area contributed by atoms with E-state index in [9.17, 15) is 8.42 Å². The third kappa shape index (κ3) is 2.69. The summed E-state index contributed by atoms with van der Waals surface area (Å²) in [5.41, 5.74) is 1.06. The maximum atomic E-state index is 11.8. The van der Waals surface area contributed by atoms with Crippen molar-refractivity contribution in [1.29, 1.82) is 0 Å². The Labute approximate surface area is 120 Å². The van der Waals surface area contributed by atoms with E-state index in [1.807, 2.05) is 12.1 Å². The Morgan fingerprint density at radius 1 is 1.30 bits per heavy atom. The van der Waals surface area contributed by atoms with Crippen molar-refractivity contribution in [2.45, 2.75) is 48.6 Å². The predicted molar refractivity (Wildman–Crippen MR) is 80.8 cm³/mol. The summed E-state index contributed by atoms with van der Waals surface area (Å²) < 4.78 is 23.7. The van der Waals surface area contributed by atoms with Crippen molar-refractivity contribution in [1.82, 2.24) is 5.32 Å². The summed E-state index contributed by atoms with van der Waals surface area (Å²) in [6.07, 6.45) is 7.20. The van der Waals surface area contributed by atoms with Crippen LogP contribution in [-0.4, -0.2) is 32.8 Å². The highest BCUT2D eigenvalue weighted by atomic mass is 32.2. The van der Waals surface area contributed by atoms with Gasteiger partial charge in [-0.3, -0.25) is 0 Å². The van der Waals surface area contributed by atoms with Crippen LogP contribution < -0.4 is 10.6 Å². The molecule has 0 radical (unpaired) electrons. The smallest absolute Gasteiger partial charge is 0.177 e. The van der Waals surface area contributed by atoms with Crippen LogP contribution in [0.15, 0.2) is 29.2 Å². The Balaban J connectivity index is 1.78. The van der Waals surface area contributed by atoms with E-state index in [2.05, 4.69) is 10.6 Å². The number of hydrogen-bond donors (Lipinski definition) is 2. The molecule has 2 fully saturated rings. The van der Waals surface area contributed by atoms with Crippen LogP contribution in [0.2, 0.25) is 0 Å². The standard InChI is InChI=1S/C15H22N2O2S/c1-20(18,19)14-6-3-2-5-13(14)17-12-7-10-16-15(11-12)8-4-9-15/h2-3,5-6,12,16-17H,4,7-11H2,1H3. The molecule has 0 aromatic heterocycles. The van der Waals surface area contributed by atoms with Gasteiger partial charge in [0.1, 0.15) is 0 Å². The minimum Gasteiger partial charge on any atom is -0.381 e. The van der Waals surface area contributed by atoms with Crippen LogP contribution in [0.3, 0.4) is 0 Å². The first kappa shape index (κ1) is 13.9. The molecule has 4 nitrogen and oxygen atoms in total. The third-order valence-electron chi connectivity index (χ3n) is 4.59. The van der Waals surface area contributed by atoms with Gasteiger partial charge in [-0.1, -0.05) is 12.1 Å². The van der Waals surface area contributed by atoms with Gasteiger partial charge in [0.2, 0.25) is 0 Å². The van der Waals surface area contributed by atoms with Crippen LogP contribution >= 0.6 is 0 Å². The van der Waals surface area contributed by atoms with Crippen molar-refractivity contribution >= 4 is 15.5 Å². The first-order chi connectivity index (χ1) is 9.49. The van der Waals surface area contributed by atoms with E-state index in [0.717, 1.165) is 25.1 Å². The fraction of sp³-hybridized carbons (Fsp3) is 0.600. The number of hydrogen-bond acceptors (Lipinski definition) is 4. The average Bonchev–Trinajstić information content (AvgIpc) is 2.37. The Morgan fingerprint density at radius 2 is 2.05 bits per heavy atom. The minimum absolute atomic E-state index is 0.315. The van der Waals surface area contributed by atoms with Crippen LogP contribution in [0.1, 0.15) is 32.1 Å². The average molecular weight is 294 g/mol. The second kappa shape index (κ2) is 5.04. The molecule has 0 amide bonds. The van der Waals surface area contributed by atoms with Gasteiger partial charge in [-0.2, -0.15) is 0 Å². The van der Waals surface area contributed by atoms with E-state index in [4.69, 9.17) is 0 Å². The predicted octanol–water partition coefficient (Wildman–Crippen LogP) is 2.18. The second-order valence-electron chi connectivity index (χ2n) is 6.16. The summed E-state index contributed by atoms with van der Waals surface area (Å²) in [6.45, 7) is 1.01. The van der Waals surface area contributed by atoms with E-state index < -0.39 is 9.84 Å². The maximum Gasteiger partial charge on any atom is 0.177 e. The summed E-state index contributed by atoms with van der Waals surface area (Å²) in [6, 6.07) is 7.57. The number of rotatable bonds is 3. The Hall–Kier alpha value is -1.07. The highest BCUT2D eigenvalue weighted by Crippen LogP contribution is 2.39. The number of para-hydroxylation sites is 1. The highest BCUT2D eigenvalue weighted by Gasteiger charge is 2.40. The fourth-order valence-electron chi connectivity index (χ4n) is 3.39. The van der Waals surface area contributed by atoms with E-state index in [-0.39, 0.29) is 0 Å². The van der Waals surface area contributed by atoms with Gasteiger partial charge in [-0.25, -0.2) is 8.42 Å². The van der Waals surface area contributed by atoms with Crippen LogP contribution in [0.25, 0.3) is 0 Å². The molecule has 0 bridgehead atoms. The van der Waals surface area contributed by atoms with Crippen molar-refractivity contribution < 1.29 is 8.42 Å². The summed E-state index contributed by atoms with van der Waals surface area (Å²) in [4.78, 5) is 0.404. The molecule has 1 saturated carbocycles. The summed E-state index contributed by atoms with van der Waals surface area (Å²) >= 11 is 0. The summed E-state index contributed by atoms with van der Waals surface area (Å²) in [7, 11) is -3.18. The molecule has 1 atom stereocenters. The lowest BCUT2D eigenvalue weighted by molar-refractivity contribution is 0.135. The molecule has 2 N–H and O–H groups in total. The minimum atomic E-state index is -3.18. The van der Waals surface area contributed by atoms with E-state index in [1.54, 1.807) is 12.1 Å². The number of nitrogens with one attached hydrogen (secondary N) is 2. The van der Waals surface area contributed by atoms with Gasteiger partial charge in [0.15, 0.2) is 9.84 Å². The lowest BCUT2D eigenvalue weighted by Crippen LogP contribution is -2.58. The van der Waals surface area contributed by atoms with Crippen molar-refractivity contribution in [3.05, 3.63) is 24.3 Å². The van der Waals surface area contributed by atoms with Gasteiger partial charge in [0.25, 0.3) is 0 Å². The maximum absolute atomic E-state index is 11.8. The second-order valence-corrected chi connectivity index (χ2v) is 8.15. The molecule has 3 rings (SSSR count). The lowest BCUT2D eigenvalue weighted by atomic mass is 9.70. The number of anilines is 1. The number of benzene rings is 1. The molecular formula is C15H22N2O2S. The normalized spacial score (nSPS) is 25.1. The fourth-order valence-corrected chi connectivity index (χ4v) is 4.25. The van der Waals surface area contributed by atoms with E-state index in [1.165, 1.54) is 25.5 Å². The first-order valence-electron chi connectivity index (χ1n) is 7.29. The summed E-state index contributed by atoms with van der Waals surface area (Å²) in [5.74, 6) is 0. The molecule has 1 saturated heterocycles. The topological polar surface area (TPSA) is 58.2 Å². The molecule has 5 heteroatoms. The van der Waals surface area contributed by atoms with Crippen LogP contribution in [0, 0.1) is 0 Å². The lowest BCUT2D eigenvalue weighted by Gasteiger charge is -2.48. The van der Waals surface area contributed by atoms with E-state index in [0.29, 0.717) is 16.5 Å². The molecule has 1 heterocycles. The van der Waals surface area contributed by atoms with E-state index >= 15 is 0 Å². The van der Waals surface area contributed by atoms with Gasteiger partial charge < -0.3 is 10.6 Å². The van der Waals surface area contributed by atoms with Gasteiger partial charge in [-0.15, -0.1) is 0 Å². The van der Waals surface area contributed by atoms with Gasteiger partial charge in [0, 0.05) is 17.8 Å². The Bertz CT molecular complexity index is 594. The highest BCUT2D eigenvalue weighted by molar-refractivity contribution is 7.90. The third-order valence-corrected chi connectivity index (χ3v) is 5.74. The van der Waals surface area contributed by atoms with Gasteiger partial charge in [-0.05, 0) is 50.8 Å². The molecule has 1 aliphatic heterocycles. The zero-order valence-electron chi connectivity index (χ0n) is 11.9. The molecular weight excluding hydrogens is 272 g/mol. The monoisotopic (exact) mass is 294 g/mol. The molecule has 1 spiro atoms. The SMILES string of the molecule is CS(=O)(=O)c1ccccc1NC1CCNC2(CCC2)C1. The molecule has 1 aromatic carbocycles. The van der Waals surface area contributed by atoms with Gasteiger partial charge >= 0.3 is 0 Å². The quantitative estimate of drug-likeness (QED) is 0.897. The number of sulfone groups is 1. The molecule has 1 unspecified atom stereocenters. The molecule has 2 aliphatic rings. The molecule has 20 heavy (non-hydrogen) atoms. The van der Waals surface area contributed by atoms with Crippen molar-refractivity contribution in [2.75, 3.05) is 18.1 Å². The Kier molecular flexibility index (Phi) is 3.50. The first-order valence-corrected chi connectivity index (χ1v) is 9.18. The van der Waals surface area contributed by atoms with Crippen LogP contribution in [0.5, 0.6) is 0 Å². The summed E-state index contributed by atoms with van der Waals surface area (Å²) in [5, 5.41) is 7.09. The molecule has 1 aliphatic carbocycles. The van der Waals surface area contributed by atoms with Crippen molar-refractivity contribution in [2.24, 2.45) is 0 Å². The van der Waals surface area contributed by atoms with Gasteiger partial charge in [0.05, 0.1) is 10.6 Å². The zero-order valence-corrected chi connectivity index (χ0v) is 12.7. The van der Waals surface area contributed by atoms with Crippen molar-refractivity contribution in [3.63, 3.8) is 0 Å². The zero-order chi connectivity index (χ0) is 14.2. The number of piperidine rings is 1. The molecule has 1 aromatic rings. The van der Waals surface area contributed by atoms with Crippen LogP contribution in [0.4, 0.5) is 5.69 Å². The Morgan fingerprint density at radius 3 is 2.70 bits per heavy atom. The van der Waals surface area contributed by atoms with Crippen molar-refractivity contribution in [3.8, 4) is 0 Å². The largest absolute Gasteiger partial charge is 0.381 e. The van der Waals surface area contributed by atoms with Crippen LogP contribution in [-0.2, 0) is 9.84 Å².